The van der Waals surface area contributed by atoms with Crippen molar-refractivity contribution in [3.8, 4) is 0 Å². The number of nitro benzene ring substituents is 1. The minimum Gasteiger partial charge on any atom is -0.289 e. The molecule has 0 saturated carbocycles. The molecule has 3 rings (SSSR count). The second kappa shape index (κ2) is 10.0. The number of amides is 1. The van der Waals surface area contributed by atoms with E-state index < -0.39 is 14.9 Å². The molecule has 1 atom stereocenters. The van der Waals surface area contributed by atoms with Gasteiger partial charge in [0.2, 0.25) is 15.9 Å². The lowest BCUT2D eigenvalue weighted by Gasteiger charge is -2.16. The molecule has 1 amide bonds. The highest BCUT2D eigenvalue weighted by atomic mass is 32.2. The Hall–Kier alpha value is -2.41. The lowest BCUT2D eigenvalue weighted by molar-refractivity contribution is -0.384. The summed E-state index contributed by atoms with van der Waals surface area (Å²) in [5.41, 5.74) is 0.448. The van der Waals surface area contributed by atoms with Gasteiger partial charge in [-0.15, -0.1) is 11.8 Å². The van der Waals surface area contributed by atoms with E-state index in [1.807, 2.05) is 6.92 Å². The van der Waals surface area contributed by atoms with E-state index >= 15 is 0 Å². The van der Waals surface area contributed by atoms with Crippen molar-refractivity contribution in [3.05, 3.63) is 58.6 Å². The van der Waals surface area contributed by atoms with E-state index in [2.05, 4.69) is 4.99 Å². The number of carbonyl (C=O) groups excluding carboxylic acids is 1. The molecule has 0 spiro atoms. The van der Waals surface area contributed by atoms with E-state index in [0.29, 0.717) is 17.4 Å². The number of amidine groups is 1. The third-order valence-electron chi connectivity index (χ3n) is 4.51. The highest BCUT2D eigenvalue weighted by Gasteiger charge is 2.30. The molecule has 32 heavy (non-hydrogen) atoms. The van der Waals surface area contributed by atoms with Crippen molar-refractivity contribution in [1.82, 2.24) is 9.21 Å². The number of nitro groups is 1. The molecule has 1 heterocycles. The number of non-ortho nitro benzene ring substituents is 1. The number of nitrogens with zero attached hydrogens (tertiary/aromatic N) is 4. The number of hydrogen-bond donors (Lipinski definition) is 0. The number of carbonyl (C=O) groups is 1. The summed E-state index contributed by atoms with van der Waals surface area (Å²) >= 11 is 2.75. The van der Waals surface area contributed by atoms with Gasteiger partial charge in [0, 0.05) is 42.9 Å². The Morgan fingerprint density at radius 1 is 1.28 bits per heavy atom. The van der Waals surface area contributed by atoms with E-state index in [1.54, 1.807) is 29.2 Å². The normalized spacial score (nSPS) is 17.8. The van der Waals surface area contributed by atoms with Crippen LogP contribution in [0.3, 0.4) is 0 Å². The second-order valence-corrected chi connectivity index (χ2v) is 11.8. The van der Waals surface area contributed by atoms with Crippen molar-refractivity contribution < 1.29 is 18.1 Å². The Kier molecular flexibility index (Phi) is 7.59. The first-order valence-electron chi connectivity index (χ1n) is 9.53. The molecule has 1 aliphatic rings. The molecule has 1 fully saturated rings. The third kappa shape index (κ3) is 5.68. The van der Waals surface area contributed by atoms with Crippen LogP contribution in [-0.2, 0) is 14.8 Å². The minimum atomic E-state index is -3.59. The summed E-state index contributed by atoms with van der Waals surface area (Å²) in [4.78, 5) is 30.2. The van der Waals surface area contributed by atoms with Gasteiger partial charge in [0.05, 0.1) is 21.3 Å². The van der Waals surface area contributed by atoms with Crippen molar-refractivity contribution in [2.75, 3.05) is 26.4 Å². The lowest BCUT2D eigenvalue weighted by atomic mass is 10.3. The van der Waals surface area contributed by atoms with Gasteiger partial charge >= 0.3 is 0 Å². The summed E-state index contributed by atoms with van der Waals surface area (Å²) in [5, 5.41) is 11.4. The Balaban J connectivity index is 1.75. The standard InChI is InChI=1S/C20H22N4O5S3/c1-14-12-23(19(25)13-30-17-9-7-16(8-10-17)24(26)27)20(31-14)21-15-5-4-6-18(11-15)32(28,29)22(2)3/h4-11,14H,12-13H2,1-3H3. The fourth-order valence-electron chi connectivity index (χ4n) is 2.83. The van der Waals surface area contributed by atoms with Gasteiger partial charge in [-0.1, -0.05) is 24.8 Å². The average molecular weight is 495 g/mol. The molecule has 0 aromatic heterocycles. The first-order chi connectivity index (χ1) is 15.1. The largest absolute Gasteiger partial charge is 0.289 e. The van der Waals surface area contributed by atoms with E-state index in [-0.39, 0.29) is 27.5 Å². The highest BCUT2D eigenvalue weighted by molar-refractivity contribution is 8.14. The fourth-order valence-corrected chi connectivity index (χ4v) is 5.59. The number of sulfonamides is 1. The smallest absolute Gasteiger partial charge is 0.269 e. The second-order valence-electron chi connectivity index (χ2n) is 7.15. The van der Waals surface area contributed by atoms with Gasteiger partial charge in [0.15, 0.2) is 5.17 Å². The first-order valence-corrected chi connectivity index (χ1v) is 12.8. The zero-order valence-electron chi connectivity index (χ0n) is 17.7. The number of thioether (sulfide) groups is 2. The highest BCUT2D eigenvalue weighted by Crippen LogP contribution is 2.30. The summed E-state index contributed by atoms with van der Waals surface area (Å²) in [6, 6.07) is 12.3. The average Bonchev–Trinajstić information content (AvgIpc) is 3.12. The van der Waals surface area contributed by atoms with Gasteiger partial charge in [-0.05, 0) is 30.3 Å². The minimum absolute atomic E-state index is 0.00150. The van der Waals surface area contributed by atoms with Crippen LogP contribution < -0.4 is 0 Å². The predicted molar refractivity (Wildman–Crippen MR) is 127 cm³/mol. The quantitative estimate of drug-likeness (QED) is 0.328. The van der Waals surface area contributed by atoms with E-state index in [4.69, 9.17) is 0 Å². The van der Waals surface area contributed by atoms with Gasteiger partial charge in [0.25, 0.3) is 5.69 Å². The van der Waals surface area contributed by atoms with Gasteiger partial charge in [-0.25, -0.2) is 17.7 Å². The molecule has 2 aromatic carbocycles. The van der Waals surface area contributed by atoms with Crippen LogP contribution in [0, 0.1) is 10.1 Å². The Morgan fingerprint density at radius 3 is 2.59 bits per heavy atom. The molecule has 170 valence electrons. The molecule has 12 heteroatoms. The van der Waals surface area contributed by atoms with Crippen LogP contribution in [0.1, 0.15) is 6.92 Å². The topological polar surface area (TPSA) is 113 Å². The van der Waals surface area contributed by atoms with Gasteiger partial charge in [-0.2, -0.15) is 0 Å². The van der Waals surface area contributed by atoms with Gasteiger partial charge in [0.1, 0.15) is 0 Å². The predicted octanol–water partition coefficient (Wildman–Crippen LogP) is 3.59. The first kappa shape index (κ1) is 24.2. The van der Waals surface area contributed by atoms with Crippen LogP contribution in [0.15, 0.2) is 63.3 Å². The molecule has 0 bridgehead atoms. The van der Waals surface area contributed by atoms with Crippen LogP contribution in [0.25, 0.3) is 0 Å². The van der Waals surface area contributed by atoms with Crippen molar-refractivity contribution in [2.24, 2.45) is 4.99 Å². The van der Waals surface area contributed by atoms with Crippen LogP contribution >= 0.6 is 23.5 Å². The lowest BCUT2D eigenvalue weighted by Crippen LogP contribution is -2.33. The maximum atomic E-state index is 12.9. The van der Waals surface area contributed by atoms with E-state index in [9.17, 15) is 23.3 Å². The maximum Gasteiger partial charge on any atom is 0.269 e. The van der Waals surface area contributed by atoms with Gasteiger partial charge in [-0.3, -0.25) is 19.8 Å². The third-order valence-corrected chi connectivity index (χ3v) is 8.39. The summed E-state index contributed by atoms with van der Waals surface area (Å²) < 4.78 is 25.9. The van der Waals surface area contributed by atoms with Crippen molar-refractivity contribution in [2.45, 2.75) is 22.0 Å². The number of rotatable bonds is 7. The maximum absolute atomic E-state index is 12.9. The van der Waals surface area contributed by atoms with Crippen LogP contribution in [0.5, 0.6) is 0 Å². The van der Waals surface area contributed by atoms with Gasteiger partial charge < -0.3 is 0 Å². The molecule has 0 radical (unpaired) electrons. The number of hydrogen-bond acceptors (Lipinski definition) is 8. The molecular formula is C20H22N4O5S3. The van der Waals surface area contributed by atoms with E-state index in [1.165, 1.54) is 61.9 Å². The number of benzene rings is 2. The zero-order valence-corrected chi connectivity index (χ0v) is 20.1. The summed E-state index contributed by atoms with van der Waals surface area (Å²) in [5.74, 6) is 0.0140. The fraction of sp³-hybridized carbons (Fsp3) is 0.300. The van der Waals surface area contributed by atoms with Crippen molar-refractivity contribution in [1.29, 1.82) is 0 Å². The summed E-state index contributed by atoms with van der Waals surface area (Å²) in [7, 11) is -0.663. The van der Waals surface area contributed by atoms with Crippen LogP contribution in [-0.4, -0.2) is 65.3 Å². The summed E-state index contributed by atoms with van der Waals surface area (Å²) in [6.45, 7) is 2.49. The summed E-state index contributed by atoms with van der Waals surface area (Å²) in [6.07, 6.45) is 0. The Labute approximate surface area is 195 Å². The Morgan fingerprint density at radius 2 is 1.97 bits per heavy atom. The molecule has 2 aromatic rings. The van der Waals surface area contributed by atoms with Crippen molar-refractivity contribution >= 4 is 56.0 Å². The molecule has 1 saturated heterocycles. The molecule has 0 N–H and O–H groups in total. The molecule has 1 unspecified atom stereocenters. The molecule has 9 nitrogen and oxygen atoms in total. The van der Waals surface area contributed by atoms with E-state index in [0.717, 1.165) is 9.20 Å². The molecule has 1 aliphatic heterocycles. The molecular weight excluding hydrogens is 472 g/mol. The SMILES string of the molecule is CC1CN(C(=O)CSc2ccc([N+](=O)[O-])cc2)C(=Nc2cccc(S(=O)(=O)N(C)C)c2)S1. The van der Waals surface area contributed by atoms with Crippen LogP contribution in [0.4, 0.5) is 11.4 Å². The van der Waals surface area contributed by atoms with Crippen LogP contribution in [0.2, 0.25) is 0 Å². The molecule has 0 aliphatic carbocycles. The Bertz CT molecular complexity index is 1150. The van der Waals surface area contributed by atoms with Crippen molar-refractivity contribution in [3.63, 3.8) is 0 Å². The monoisotopic (exact) mass is 494 g/mol. The number of aliphatic imine (C=N–C) groups is 1. The zero-order chi connectivity index (χ0) is 23.5.